The summed E-state index contributed by atoms with van der Waals surface area (Å²) < 4.78 is 29.4. The van der Waals surface area contributed by atoms with Gasteiger partial charge in [-0.1, -0.05) is 36.4 Å². The predicted octanol–water partition coefficient (Wildman–Crippen LogP) is 3.72. The fourth-order valence-electron chi connectivity index (χ4n) is 3.76. The minimum Gasteiger partial charge on any atom is -0.465 e. The summed E-state index contributed by atoms with van der Waals surface area (Å²) >= 11 is 0. The number of sulfone groups is 1. The van der Waals surface area contributed by atoms with Crippen LogP contribution in [0.2, 0.25) is 0 Å². The van der Waals surface area contributed by atoms with E-state index in [-0.39, 0.29) is 11.5 Å². The van der Waals surface area contributed by atoms with Crippen molar-refractivity contribution in [3.8, 4) is 11.1 Å². The molecule has 0 N–H and O–H groups in total. The van der Waals surface area contributed by atoms with Gasteiger partial charge in [0.1, 0.15) is 0 Å². The van der Waals surface area contributed by atoms with Gasteiger partial charge in [0.05, 0.1) is 11.5 Å². The van der Waals surface area contributed by atoms with Crippen LogP contribution in [0, 0.1) is 0 Å². The third-order valence-corrected chi connectivity index (χ3v) is 7.10. The van der Waals surface area contributed by atoms with Crippen molar-refractivity contribution in [3.63, 3.8) is 0 Å². The number of carbonyl (C=O) groups excluding carboxylic acids is 1. The molecule has 1 unspecified atom stereocenters. The number of hydrogen-bond acceptors (Lipinski definition) is 5. The largest absolute Gasteiger partial charge is 0.465 e. The molecule has 1 atom stereocenters. The van der Waals surface area contributed by atoms with Crippen molar-refractivity contribution < 1.29 is 17.9 Å². The molecule has 3 rings (SSSR count). The first-order valence-electron chi connectivity index (χ1n) is 10.2. The number of esters is 1. The van der Waals surface area contributed by atoms with Crippen molar-refractivity contribution in [1.82, 2.24) is 4.90 Å². The summed E-state index contributed by atoms with van der Waals surface area (Å²) in [5, 5.41) is 0. The molecular weight excluding hydrogens is 386 g/mol. The van der Waals surface area contributed by atoms with Crippen LogP contribution in [0.1, 0.15) is 32.3 Å². The van der Waals surface area contributed by atoms with Crippen LogP contribution in [-0.4, -0.2) is 50.8 Å². The summed E-state index contributed by atoms with van der Waals surface area (Å²) in [6, 6.07) is 15.8. The second kappa shape index (κ2) is 9.55. The van der Waals surface area contributed by atoms with E-state index in [1.807, 2.05) is 0 Å². The average Bonchev–Trinajstić information content (AvgIpc) is 3.11. The van der Waals surface area contributed by atoms with Gasteiger partial charge in [0, 0.05) is 12.6 Å². The maximum Gasteiger partial charge on any atom is 0.321 e. The Balaban J connectivity index is 1.63. The first-order valence-corrected chi connectivity index (χ1v) is 11.9. The number of rotatable bonds is 8. The highest BCUT2D eigenvalue weighted by molar-refractivity contribution is 7.92. The molecule has 0 radical (unpaired) electrons. The zero-order valence-corrected chi connectivity index (χ0v) is 18.0. The fourth-order valence-corrected chi connectivity index (χ4v) is 4.87. The van der Waals surface area contributed by atoms with Crippen molar-refractivity contribution in [2.24, 2.45) is 0 Å². The molecule has 156 valence electrons. The molecule has 0 aliphatic carbocycles. The molecule has 1 saturated heterocycles. The monoisotopic (exact) mass is 415 g/mol. The number of nitrogens with zero attached hydrogens (tertiary/aromatic N) is 1. The second-order valence-corrected chi connectivity index (χ2v) is 9.55. The quantitative estimate of drug-likeness (QED) is 0.615. The number of hydrogen-bond donors (Lipinski definition) is 0. The summed E-state index contributed by atoms with van der Waals surface area (Å²) in [5.74, 6) is -1.36. The van der Waals surface area contributed by atoms with Gasteiger partial charge >= 0.3 is 5.97 Å². The summed E-state index contributed by atoms with van der Waals surface area (Å²) in [6.07, 6.45) is 3.63. The highest BCUT2D eigenvalue weighted by Gasteiger charge is 2.21. The van der Waals surface area contributed by atoms with E-state index in [1.165, 1.54) is 24.9 Å². The Morgan fingerprint density at radius 1 is 1.07 bits per heavy atom. The number of ether oxygens (including phenoxy) is 1. The predicted molar refractivity (Wildman–Crippen MR) is 115 cm³/mol. The zero-order chi connectivity index (χ0) is 20.9. The molecule has 0 aromatic heterocycles. The average molecular weight is 416 g/mol. The normalized spacial score (nSPS) is 17.4. The Morgan fingerprint density at radius 3 is 2.24 bits per heavy atom. The van der Waals surface area contributed by atoms with Crippen LogP contribution < -0.4 is 0 Å². The van der Waals surface area contributed by atoms with Crippen molar-refractivity contribution >= 4 is 15.8 Å². The van der Waals surface area contributed by atoms with Gasteiger partial charge in [-0.25, -0.2) is 8.42 Å². The lowest BCUT2D eigenvalue weighted by Gasteiger charge is -2.20. The van der Waals surface area contributed by atoms with E-state index < -0.39 is 21.6 Å². The van der Waals surface area contributed by atoms with Crippen molar-refractivity contribution in [3.05, 3.63) is 54.1 Å². The van der Waals surface area contributed by atoms with E-state index in [2.05, 4.69) is 36.1 Å². The molecule has 2 aromatic rings. The Morgan fingerprint density at radius 2 is 1.69 bits per heavy atom. The Labute approximate surface area is 173 Å². The maximum absolute atomic E-state index is 12.3. The Hall–Kier alpha value is -2.18. The molecule has 29 heavy (non-hydrogen) atoms. The van der Waals surface area contributed by atoms with Crippen LogP contribution in [0.4, 0.5) is 0 Å². The van der Waals surface area contributed by atoms with E-state index in [4.69, 9.17) is 4.74 Å². The lowest BCUT2D eigenvalue weighted by molar-refractivity contribution is -0.139. The van der Waals surface area contributed by atoms with Gasteiger partial charge in [-0.15, -0.1) is 0 Å². The zero-order valence-electron chi connectivity index (χ0n) is 17.1. The molecular formula is C23H29NO4S. The third kappa shape index (κ3) is 5.67. The molecule has 2 aromatic carbocycles. The van der Waals surface area contributed by atoms with Gasteiger partial charge in [0.25, 0.3) is 0 Å². The van der Waals surface area contributed by atoms with Crippen LogP contribution in [0.15, 0.2) is 53.4 Å². The molecule has 0 bridgehead atoms. The lowest BCUT2D eigenvalue weighted by atomic mass is 10.0. The van der Waals surface area contributed by atoms with E-state index in [0.29, 0.717) is 6.04 Å². The van der Waals surface area contributed by atoms with Gasteiger partial charge in [0.2, 0.25) is 0 Å². The maximum atomic E-state index is 12.3. The van der Waals surface area contributed by atoms with Crippen molar-refractivity contribution in [2.45, 2.75) is 44.0 Å². The van der Waals surface area contributed by atoms with Crippen LogP contribution in [0.25, 0.3) is 11.1 Å². The first-order chi connectivity index (χ1) is 13.9. The Kier molecular flexibility index (Phi) is 7.09. The highest BCUT2D eigenvalue weighted by atomic mass is 32.2. The van der Waals surface area contributed by atoms with Gasteiger partial charge in [-0.3, -0.25) is 4.79 Å². The molecule has 1 aliphatic rings. The van der Waals surface area contributed by atoms with Crippen molar-refractivity contribution in [1.29, 1.82) is 0 Å². The van der Waals surface area contributed by atoms with Crippen LogP contribution in [-0.2, 0) is 25.8 Å². The summed E-state index contributed by atoms with van der Waals surface area (Å²) in [7, 11) is -3.69. The van der Waals surface area contributed by atoms with Crippen LogP contribution >= 0.6 is 0 Å². The van der Waals surface area contributed by atoms with Gasteiger partial charge in [-0.2, -0.15) is 0 Å². The number of benzene rings is 2. The minimum atomic E-state index is -3.69. The topological polar surface area (TPSA) is 63.7 Å². The molecule has 0 saturated carbocycles. The molecule has 1 heterocycles. The molecule has 1 fully saturated rings. The summed E-state index contributed by atoms with van der Waals surface area (Å²) in [5.41, 5.74) is 3.29. The molecule has 5 nitrogen and oxygen atoms in total. The summed E-state index contributed by atoms with van der Waals surface area (Å²) in [4.78, 5) is 14.2. The minimum absolute atomic E-state index is 0.130. The number of likely N-dealkylation sites (tertiary alicyclic amines) is 1. The smallest absolute Gasteiger partial charge is 0.321 e. The summed E-state index contributed by atoms with van der Waals surface area (Å²) in [6.45, 7) is 6.41. The second-order valence-electron chi connectivity index (χ2n) is 7.56. The van der Waals surface area contributed by atoms with Gasteiger partial charge in [-0.05, 0) is 68.5 Å². The molecule has 0 amide bonds. The van der Waals surface area contributed by atoms with Crippen molar-refractivity contribution in [2.75, 3.05) is 25.4 Å². The standard InChI is InChI=1S/C23H29NO4S/c1-3-28-23(25)17-29(26,27)22-12-10-21(11-13-22)20-8-6-19(7-9-20)14-16-24-15-4-5-18(24)2/h6-13,18H,3-5,14-17H2,1-2H3. The van der Waals surface area contributed by atoms with E-state index in [1.54, 1.807) is 31.2 Å². The first kappa shape index (κ1) is 21.5. The van der Waals surface area contributed by atoms with Gasteiger partial charge in [0.15, 0.2) is 15.6 Å². The van der Waals surface area contributed by atoms with Gasteiger partial charge < -0.3 is 9.64 Å². The number of carbonyl (C=O) groups is 1. The van der Waals surface area contributed by atoms with E-state index >= 15 is 0 Å². The van der Waals surface area contributed by atoms with Crippen LogP contribution in [0.5, 0.6) is 0 Å². The SMILES string of the molecule is CCOC(=O)CS(=O)(=O)c1ccc(-c2ccc(CCN3CCCC3C)cc2)cc1. The Bertz CT molecular complexity index is 920. The lowest BCUT2D eigenvalue weighted by Crippen LogP contribution is -2.28. The fraction of sp³-hybridized carbons (Fsp3) is 0.435. The third-order valence-electron chi connectivity index (χ3n) is 5.49. The highest BCUT2D eigenvalue weighted by Crippen LogP contribution is 2.23. The van der Waals surface area contributed by atoms with E-state index in [0.717, 1.165) is 24.1 Å². The van der Waals surface area contributed by atoms with E-state index in [9.17, 15) is 13.2 Å². The van der Waals surface area contributed by atoms with Crippen LogP contribution in [0.3, 0.4) is 0 Å². The molecule has 1 aliphatic heterocycles. The molecule has 6 heteroatoms. The molecule has 0 spiro atoms.